The molecule has 35 heavy (non-hydrogen) atoms. The van der Waals surface area contributed by atoms with Crippen LogP contribution in [0.5, 0.6) is 0 Å². The molecule has 1 aromatic carbocycles. The van der Waals surface area contributed by atoms with Crippen LogP contribution in [0.4, 0.5) is 0 Å². The predicted molar refractivity (Wildman–Crippen MR) is 143 cm³/mol. The first kappa shape index (κ1) is 24.1. The smallest absolute Gasteiger partial charge is 0.182 e. The van der Waals surface area contributed by atoms with Gasteiger partial charge in [-0.3, -0.25) is 14.9 Å². The molecule has 182 valence electrons. The summed E-state index contributed by atoms with van der Waals surface area (Å²) in [6, 6.07) is 8.33. The Hall–Kier alpha value is -2.61. The molecule has 1 aliphatic carbocycles. The van der Waals surface area contributed by atoms with Gasteiger partial charge in [0.15, 0.2) is 5.78 Å². The van der Waals surface area contributed by atoms with Crippen LogP contribution in [0.25, 0.3) is 32.0 Å². The maximum absolute atomic E-state index is 13.5. The Kier molecular flexibility index (Phi) is 7.00. The number of pyridine rings is 1. The van der Waals surface area contributed by atoms with Crippen molar-refractivity contribution >= 4 is 39.6 Å². The number of hydrogen-bond donors (Lipinski definition) is 1. The third-order valence-corrected chi connectivity index (χ3v) is 8.74. The second-order valence-corrected chi connectivity index (χ2v) is 11.1. The highest BCUT2D eigenvalue weighted by Gasteiger charge is 2.26. The van der Waals surface area contributed by atoms with Crippen molar-refractivity contribution in [2.24, 2.45) is 5.92 Å². The molecule has 3 heterocycles. The Labute approximate surface area is 214 Å². The van der Waals surface area contributed by atoms with Crippen LogP contribution < -0.4 is 0 Å². The minimum atomic E-state index is 0.0985. The van der Waals surface area contributed by atoms with Gasteiger partial charge in [0.2, 0.25) is 0 Å². The van der Waals surface area contributed by atoms with Gasteiger partial charge in [-0.2, -0.15) is 5.10 Å². The molecule has 4 aromatic rings. The molecule has 6 nitrogen and oxygen atoms in total. The highest BCUT2D eigenvalue weighted by molar-refractivity contribution is 7.18. The van der Waals surface area contributed by atoms with Crippen molar-refractivity contribution in [1.82, 2.24) is 25.1 Å². The molecule has 0 bridgehead atoms. The number of carbonyl (C=O) groups is 1. The lowest BCUT2D eigenvalue weighted by molar-refractivity contribution is 0.0959. The molecule has 8 heteroatoms. The van der Waals surface area contributed by atoms with E-state index in [0.29, 0.717) is 29.1 Å². The zero-order valence-electron chi connectivity index (χ0n) is 20.3. The number of benzene rings is 1. The number of ketones is 1. The maximum atomic E-state index is 13.5. The maximum Gasteiger partial charge on any atom is 0.182 e. The van der Waals surface area contributed by atoms with Gasteiger partial charge in [0.25, 0.3) is 0 Å². The van der Waals surface area contributed by atoms with E-state index in [1.807, 2.05) is 31.2 Å². The molecule has 1 N–H and O–H groups in total. The number of nitrogens with zero attached hydrogens (tertiary/aromatic N) is 4. The van der Waals surface area contributed by atoms with Crippen LogP contribution in [0, 0.1) is 12.8 Å². The Morgan fingerprint density at radius 1 is 1.26 bits per heavy atom. The van der Waals surface area contributed by atoms with Crippen molar-refractivity contribution in [1.29, 1.82) is 0 Å². The van der Waals surface area contributed by atoms with Crippen molar-refractivity contribution in [2.75, 3.05) is 14.1 Å². The number of hydrogen-bond acceptors (Lipinski definition) is 6. The Balaban J connectivity index is 1.45. The topological polar surface area (TPSA) is 74.8 Å². The van der Waals surface area contributed by atoms with Crippen LogP contribution in [0.1, 0.15) is 54.6 Å². The van der Waals surface area contributed by atoms with Gasteiger partial charge in [-0.1, -0.05) is 30.5 Å². The number of thiazole rings is 1. The van der Waals surface area contributed by atoms with E-state index < -0.39 is 0 Å². The van der Waals surface area contributed by atoms with Gasteiger partial charge in [0.05, 0.1) is 10.4 Å². The number of fused-ring (bicyclic) bond motifs is 1. The van der Waals surface area contributed by atoms with E-state index in [9.17, 15) is 4.79 Å². The van der Waals surface area contributed by atoms with Crippen molar-refractivity contribution in [3.05, 3.63) is 52.9 Å². The Morgan fingerprint density at radius 3 is 2.89 bits per heavy atom. The number of aromatic nitrogens is 4. The molecular formula is C27H30ClN5OS. The fourth-order valence-electron chi connectivity index (χ4n) is 5.11. The molecular weight excluding hydrogens is 478 g/mol. The molecule has 0 aliphatic heterocycles. The number of halogens is 1. The molecule has 1 fully saturated rings. The highest BCUT2D eigenvalue weighted by Crippen LogP contribution is 2.39. The molecule has 0 amide bonds. The van der Waals surface area contributed by atoms with E-state index in [4.69, 9.17) is 16.6 Å². The summed E-state index contributed by atoms with van der Waals surface area (Å²) >= 11 is 7.80. The first-order chi connectivity index (χ1) is 16.9. The fraction of sp³-hybridized carbons (Fsp3) is 0.407. The first-order valence-electron chi connectivity index (χ1n) is 12.2. The van der Waals surface area contributed by atoms with Gasteiger partial charge < -0.3 is 4.90 Å². The molecule has 0 saturated heterocycles. The SMILES string of the molecule is Cc1c(Cl)ccc2c(-c3nc(C(=O)CCC4CCC[C@H](N(C)C)C4)c(-c4cccnc4)s3)[nH]nc12. The summed E-state index contributed by atoms with van der Waals surface area (Å²) in [5.41, 5.74) is 4.01. The summed E-state index contributed by atoms with van der Waals surface area (Å²) in [5, 5.41) is 10.0. The first-order valence-corrected chi connectivity index (χ1v) is 13.4. The lowest BCUT2D eigenvalue weighted by atomic mass is 9.82. The highest BCUT2D eigenvalue weighted by atomic mass is 35.5. The number of rotatable bonds is 7. The number of carbonyl (C=O) groups excluding carboxylic acids is 1. The quantitative estimate of drug-likeness (QED) is 0.278. The van der Waals surface area contributed by atoms with Gasteiger partial charge in [0, 0.05) is 40.8 Å². The van der Waals surface area contributed by atoms with Gasteiger partial charge in [0.1, 0.15) is 16.4 Å². The van der Waals surface area contributed by atoms with E-state index in [1.54, 1.807) is 12.4 Å². The third kappa shape index (κ3) is 4.90. The Morgan fingerprint density at radius 2 is 2.11 bits per heavy atom. The normalized spacial score (nSPS) is 18.4. The standard InChI is InChI=1S/C27H30ClN5OS/c1-16-21(28)11-10-20-23(16)31-32-24(20)27-30-25(26(35-27)18-7-5-13-29-15-18)22(34)12-9-17-6-4-8-19(14-17)33(2)3/h5,7,10-11,13,15,17,19H,4,6,8-9,12,14H2,1-3H3,(H,31,32)/t17?,19-/m0/s1. The minimum Gasteiger partial charge on any atom is -0.306 e. The molecule has 5 rings (SSSR count). The minimum absolute atomic E-state index is 0.0985. The van der Waals surface area contributed by atoms with Gasteiger partial charge in [-0.05, 0) is 70.0 Å². The summed E-state index contributed by atoms with van der Waals surface area (Å²) in [5.74, 6) is 0.686. The molecule has 1 unspecified atom stereocenters. The number of aryl methyl sites for hydroxylation is 1. The van der Waals surface area contributed by atoms with Crippen molar-refractivity contribution in [2.45, 2.75) is 51.5 Å². The summed E-state index contributed by atoms with van der Waals surface area (Å²) < 4.78 is 0. The number of Topliss-reactive ketones (excluding diaryl/α,β-unsaturated/α-hetero) is 1. The molecule has 3 aromatic heterocycles. The van der Waals surface area contributed by atoms with Gasteiger partial charge >= 0.3 is 0 Å². The molecule has 0 radical (unpaired) electrons. The summed E-state index contributed by atoms with van der Waals surface area (Å²) in [6.45, 7) is 1.96. The van der Waals surface area contributed by atoms with E-state index in [2.05, 4.69) is 34.2 Å². The second-order valence-electron chi connectivity index (χ2n) is 9.72. The average molecular weight is 508 g/mol. The number of aromatic amines is 1. The van der Waals surface area contributed by atoms with Crippen LogP contribution in [-0.2, 0) is 0 Å². The van der Waals surface area contributed by atoms with Crippen molar-refractivity contribution < 1.29 is 4.79 Å². The average Bonchev–Trinajstić information content (AvgIpc) is 3.50. The summed E-state index contributed by atoms with van der Waals surface area (Å²) in [6.07, 6.45) is 9.82. The van der Waals surface area contributed by atoms with Crippen LogP contribution in [-0.4, -0.2) is 51.0 Å². The monoisotopic (exact) mass is 507 g/mol. The summed E-state index contributed by atoms with van der Waals surface area (Å²) in [7, 11) is 4.31. The molecule has 0 spiro atoms. The fourth-order valence-corrected chi connectivity index (χ4v) is 6.35. The van der Waals surface area contributed by atoms with Gasteiger partial charge in [-0.15, -0.1) is 11.3 Å². The van der Waals surface area contributed by atoms with Crippen molar-refractivity contribution in [3.8, 4) is 21.1 Å². The Bertz CT molecular complexity index is 1350. The molecule has 1 aliphatic rings. The summed E-state index contributed by atoms with van der Waals surface area (Å²) in [4.78, 5) is 25.8. The molecule has 1 saturated carbocycles. The van der Waals surface area contributed by atoms with Crippen LogP contribution in [0.3, 0.4) is 0 Å². The number of nitrogens with one attached hydrogen (secondary N) is 1. The molecule has 2 atom stereocenters. The van der Waals surface area contributed by atoms with Crippen LogP contribution in [0.2, 0.25) is 5.02 Å². The van der Waals surface area contributed by atoms with Crippen LogP contribution >= 0.6 is 22.9 Å². The largest absolute Gasteiger partial charge is 0.306 e. The lowest BCUT2D eigenvalue weighted by Crippen LogP contribution is -2.33. The number of H-pyrrole nitrogens is 1. The van der Waals surface area contributed by atoms with Crippen molar-refractivity contribution in [3.63, 3.8) is 0 Å². The second kappa shape index (κ2) is 10.2. The van der Waals surface area contributed by atoms with E-state index in [1.165, 1.54) is 37.0 Å². The van der Waals surface area contributed by atoms with E-state index in [-0.39, 0.29) is 5.78 Å². The predicted octanol–water partition coefficient (Wildman–Crippen LogP) is 6.79. The lowest BCUT2D eigenvalue weighted by Gasteiger charge is -2.33. The van der Waals surface area contributed by atoms with Crippen LogP contribution in [0.15, 0.2) is 36.7 Å². The van der Waals surface area contributed by atoms with E-state index in [0.717, 1.165) is 44.0 Å². The zero-order valence-corrected chi connectivity index (χ0v) is 21.9. The zero-order chi connectivity index (χ0) is 24.5. The van der Waals surface area contributed by atoms with E-state index >= 15 is 0 Å². The third-order valence-electron chi connectivity index (χ3n) is 7.21. The van der Waals surface area contributed by atoms with Gasteiger partial charge in [-0.25, -0.2) is 4.98 Å².